The number of ether oxygens (including phenoxy) is 1. The number of methoxy groups -OCH3 is 1. The van der Waals surface area contributed by atoms with E-state index in [1.165, 1.54) is 44.0 Å². The van der Waals surface area contributed by atoms with Gasteiger partial charge in [-0.05, 0) is 143 Å². The zero-order valence-electron chi connectivity index (χ0n) is 66.2. The Bertz CT molecular complexity index is 5340. The van der Waals surface area contributed by atoms with E-state index in [1.54, 1.807) is 93.1 Å². The Balaban J connectivity index is 0.000000140. The predicted molar refractivity (Wildman–Crippen MR) is 448 cm³/mol. The molecule has 0 bridgehead atoms. The number of halogens is 3. The fourth-order valence-electron chi connectivity index (χ4n) is 14.3. The first-order valence-electron chi connectivity index (χ1n) is 39.2. The molecule has 4 saturated carbocycles. The maximum Gasteiger partial charge on any atom is 0.264 e. The molecule has 0 saturated heterocycles. The first-order valence-corrected chi connectivity index (χ1v) is 39.2. The molecule has 0 radical (unpaired) electrons. The number of nitrogens with two attached hydrogens (primary N) is 8. The molecule has 4 aliphatic carbocycles. The third kappa shape index (κ3) is 21.7. The summed E-state index contributed by atoms with van der Waals surface area (Å²) in [5, 5.41) is 57.8. The minimum absolute atomic E-state index is 0.0209. The maximum atomic E-state index is 14.0. The second-order valence-electron chi connectivity index (χ2n) is 29.2. The van der Waals surface area contributed by atoms with Crippen molar-refractivity contribution in [2.24, 2.45) is 51.8 Å². The molecule has 4 amide bonds. The molecule has 0 spiro atoms. The van der Waals surface area contributed by atoms with Crippen molar-refractivity contribution < 1.29 is 37.1 Å². The van der Waals surface area contributed by atoms with Crippen molar-refractivity contribution in [3.63, 3.8) is 0 Å². The second-order valence-corrected chi connectivity index (χ2v) is 29.2. The van der Waals surface area contributed by atoms with E-state index in [0.29, 0.717) is 83.6 Å². The Morgan fingerprint density at radius 2 is 0.697 bits per heavy atom. The molecule has 4 fully saturated rings. The number of hydrogen-bond donors (Lipinski definition) is 16. The number of alkyl halides is 3. The van der Waals surface area contributed by atoms with Crippen molar-refractivity contribution in [1.82, 2.24) is 99.8 Å². The lowest BCUT2D eigenvalue weighted by Gasteiger charge is -2.35. The van der Waals surface area contributed by atoms with Crippen LogP contribution in [-0.4, -0.2) is 197 Å². The molecule has 11 atom stereocenters. The lowest BCUT2D eigenvalue weighted by molar-refractivity contribution is -0.0555. The number of anilines is 12. The van der Waals surface area contributed by atoms with E-state index in [9.17, 15) is 32.3 Å². The number of aromatic nitrogens is 20. The number of benzene rings is 4. The third-order valence-electron chi connectivity index (χ3n) is 20.8. The van der Waals surface area contributed by atoms with E-state index in [2.05, 4.69) is 130 Å². The Kier molecular flexibility index (Phi) is 27.7. The molecule has 12 aromatic rings. The van der Waals surface area contributed by atoms with Gasteiger partial charge in [-0.3, -0.25) is 19.2 Å². The summed E-state index contributed by atoms with van der Waals surface area (Å²) in [4.78, 5) is 87.8. The summed E-state index contributed by atoms with van der Waals surface area (Å²) in [7, 11) is 1.67. The van der Waals surface area contributed by atoms with E-state index in [1.807, 2.05) is 60.7 Å². The molecule has 8 heterocycles. The first kappa shape index (κ1) is 85.5. The van der Waals surface area contributed by atoms with Crippen molar-refractivity contribution in [2.75, 3.05) is 49.6 Å². The molecule has 4 aliphatic rings. The van der Waals surface area contributed by atoms with E-state index in [-0.39, 0.29) is 88.5 Å². The van der Waals surface area contributed by atoms with Crippen LogP contribution < -0.4 is 88.4 Å². The molecule has 44 heteroatoms. The van der Waals surface area contributed by atoms with Gasteiger partial charge in [0.1, 0.15) is 51.7 Å². The van der Waals surface area contributed by atoms with Gasteiger partial charge in [-0.25, -0.2) is 33.1 Å². The number of carbonyl (C=O) groups is 4. The number of amides is 4. The van der Waals surface area contributed by atoms with Crippen LogP contribution >= 0.6 is 0 Å². The summed E-state index contributed by atoms with van der Waals surface area (Å²) < 4.78 is 47.3. The Hall–Kier alpha value is -14.4. The van der Waals surface area contributed by atoms with Crippen LogP contribution in [0.25, 0.3) is 22.7 Å². The number of primary amides is 4. The maximum absolute atomic E-state index is 14.0. The highest BCUT2D eigenvalue weighted by Gasteiger charge is 2.45. The summed E-state index contributed by atoms with van der Waals surface area (Å²) in [6.07, 6.45) is 25.4. The topological polar surface area (TPSA) is 608 Å². The van der Waals surface area contributed by atoms with E-state index >= 15 is 0 Å². The van der Waals surface area contributed by atoms with Crippen molar-refractivity contribution in [3.8, 4) is 22.7 Å². The summed E-state index contributed by atoms with van der Waals surface area (Å²) in [6.45, 7) is 2.16. The van der Waals surface area contributed by atoms with Gasteiger partial charge in [-0.15, -0.1) is 0 Å². The molecule has 4 aromatic carbocycles. The highest BCUT2D eigenvalue weighted by molar-refractivity contribution is 6.00. The Labute approximate surface area is 695 Å². The average molecular weight is 1670 g/mol. The zero-order chi connectivity index (χ0) is 86.0. The Morgan fingerprint density at radius 3 is 1.02 bits per heavy atom. The number of rotatable bonds is 25. The van der Waals surface area contributed by atoms with Crippen molar-refractivity contribution in [2.45, 2.75) is 151 Å². The minimum atomic E-state index is -2.97. The van der Waals surface area contributed by atoms with Crippen molar-refractivity contribution in [3.05, 3.63) is 194 Å². The summed E-state index contributed by atoms with van der Waals surface area (Å²) in [5.41, 5.74) is 52.5. The van der Waals surface area contributed by atoms with E-state index < -0.39 is 53.8 Å². The van der Waals surface area contributed by atoms with Gasteiger partial charge in [-0.1, -0.05) is 37.6 Å². The van der Waals surface area contributed by atoms with Crippen LogP contribution in [0.15, 0.2) is 171 Å². The van der Waals surface area contributed by atoms with Gasteiger partial charge in [0.05, 0.1) is 103 Å². The quantitative estimate of drug-likeness (QED) is 0.0294. The third-order valence-corrected chi connectivity index (χ3v) is 20.8. The molecule has 636 valence electrons. The van der Waals surface area contributed by atoms with Crippen LogP contribution in [0.3, 0.4) is 0 Å². The fourth-order valence-corrected chi connectivity index (χ4v) is 14.3. The standard InChI is InChI=1S/C20H25N9O2.C20H25N9O.C19H21F2N9O.C19H22FN9O/c1-31-16-7-3-6-15(17(16)21)27-20-23-11-14(18(22)30)19(28-20)26-12-4-2-5-13(10-12)29-24-8-9-25-29;1-12-4-2-7-16(17(12)21)27-20-23-11-15(18(22)30)19(28-20)26-13-5-3-6-14(10-13)29-24-8-9-25-29;20-19(21)6-2-5-14(15(19)22)28-18-24-10-13(16(23)31)17(29-18)27-11-3-1-4-12(9-11)30-25-7-8-26-30;20-14-5-2-6-15(16(14)21)27-19-23-10-13(17(22)30)18(28-19)26-11-3-1-4-12(9-11)29-24-7-8-25-29/h2,4-5,8-11,15-17H,3,6-7,21H2,1H3,(H2,22,30)(H2,23,26,27,28);3,5-6,8-12,16-17H,2,4,7,21H2,1H3,(H2,22,30)(H2,23,26,27,28);1,3-4,7-10,14-15H,2,5-6,22H2,(H2,23,31)(H2,24,27,28,29);1,3-4,7-10,14-16H,2,5-6,21H2,(H2,22,30)(H2,23,26,27,28)/t15-,16?,17-;12?,16-,17+;14-,15-;14?,15-,16+/m1111/s1. The molecule has 8 aromatic heterocycles. The van der Waals surface area contributed by atoms with Crippen LogP contribution in [-0.2, 0) is 4.74 Å². The van der Waals surface area contributed by atoms with Gasteiger partial charge in [-0.2, -0.15) is 79.9 Å². The van der Waals surface area contributed by atoms with Gasteiger partial charge >= 0.3 is 0 Å². The summed E-state index contributed by atoms with van der Waals surface area (Å²) in [5.74, 6) is -3.15. The normalized spacial score (nSPS) is 20.9. The van der Waals surface area contributed by atoms with Gasteiger partial charge in [0.15, 0.2) is 0 Å². The lowest BCUT2D eigenvalue weighted by Crippen LogP contribution is -2.55. The van der Waals surface area contributed by atoms with Gasteiger partial charge in [0, 0.05) is 85.2 Å². The largest absolute Gasteiger partial charge is 0.380 e. The molecule has 24 N–H and O–H groups in total. The van der Waals surface area contributed by atoms with Crippen molar-refractivity contribution in [1.29, 1.82) is 0 Å². The molecule has 41 nitrogen and oxygen atoms in total. The van der Waals surface area contributed by atoms with Gasteiger partial charge in [0.25, 0.3) is 29.6 Å². The molecular weight excluding hydrogens is 1580 g/mol. The highest BCUT2D eigenvalue weighted by Crippen LogP contribution is 2.36. The highest BCUT2D eigenvalue weighted by atomic mass is 19.3. The number of hydrogen-bond acceptors (Lipinski definition) is 33. The second kappa shape index (κ2) is 39.5. The number of nitrogens with zero attached hydrogens (tertiary/aromatic N) is 20. The molecule has 122 heavy (non-hydrogen) atoms. The smallest absolute Gasteiger partial charge is 0.264 e. The summed E-state index contributed by atoms with van der Waals surface area (Å²) >= 11 is 0. The SMILES string of the molecule is CC1CCC[C@@H](Nc2ncc(C(N)=O)c(Nc3cccc(-n4nccn4)c3)n2)[C@H]1N.COC1CCC[C@@H](Nc2ncc(C(N)=O)c(Nc3cccc(-n4nccn4)c3)n2)[C@H]1N.NC(=O)c1cnc(N[C@@H]2CCCC(F)(F)[C@@H]2N)nc1Nc1cccc(-n2nccn2)c1.NC(=O)c1cnc(N[C@@H]2CCCC(F)[C@@H]2N)nc1Nc1cccc(-n2nccn2)c1. The monoisotopic (exact) mass is 1670 g/mol. The summed E-state index contributed by atoms with van der Waals surface area (Å²) in [6, 6.07) is 26.0. The van der Waals surface area contributed by atoms with Crippen LogP contribution in [0.5, 0.6) is 0 Å². The Morgan fingerprint density at radius 1 is 0.402 bits per heavy atom. The minimum Gasteiger partial charge on any atom is -0.380 e. The number of carbonyl (C=O) groups excluding carboxylic acids is 4. The van der Waals surface area contributed by atoms with E-state index in [0.717, 1.165) is 62.0 Å². The molecule has 3 unspecified atom stereocenters. The van der Waals surface area contributed by atoms with Gasteiger partial charge < -0.3 is 93.1 Å². The molecule has 0 aliphatic heterocycles. The van der Waals surface area contributed by atoms with Crippen LogP contribution in [0.4, 0.5) is 83.0 Å². The van der Waals surface area contributed by atoms with Gasteiger partial charge in [0.2, 0.25) is 23.8 Å². The van der Waals surface area contributed by atoms with Crippen LogP contribution in [0, 0.1) is 5.92 Å². The molecule has 16 rings (SSSR count). The lowest BCUT2D eigenvalue weighted by atomic mass is 9.83. The molecular formula is C78H93F3N36O5. The zero-order valence-corrected chi connectivity index (χ0v) is 66.2. The number of nitrogens with one attached hydrogen (secondary N) is 8. The van der Waals surface area contributed by atoms with Crippen LogP contribution in [0.2, 0.25) is 0 Å². The fraction of sp³-hybridized carbons (Fsp3) is 0.333. The van der Waals surface area contributed by atoms with E-state index in [4.69, 9.17) is 50.6 Å². The van der Waals surface area contributed by atoms with Crippen molar-refractivity contribution >= 4 is 93.4 Å². The van der Waals surface area contributed by atoms with Crippen LogP contribution in [0.1, 0.15) is 125 Å². The average Bonchev–Trinajstić information content (AvgIpc) is 0.992. The predicted octanol–water partition coefficient (Wildman–Crippen LogP) is 6.39. The first-order chi connectivity index (χ1) is 58.9.